The van der Waals surface area contributed by atoms with Crippen molar-refractivity contribution < 1.29 is 33.9 Å². The molecule has 3 aromatic rings. The molecular weight excluding hydrogens is 588 g/mol. The fourth-order valence-corrected chi connectivity index (χ4v) is 4.77. The number of rotatable bonds is 15. The summed E-state index contributed by atoms with van der Waals surface area (Å²) in [5.41, 5.74) is -0.0651. The van der Waals surface area contributed by atoms with Gasteiger partial charge in [-0.25, -0.2) is 4.79 Å². The molecule has 0 aliphatic rings. The standard InChI is InChI=1S/C35H42N4O7/c1-6-21(2)29(32(43)39-35(4,5)34(45)46)38-33(44)30(41)22(3)36-31(42)27(19-23-12-8-7-9-13-23)37-28(40)20-24-16-17-25-14-10-11-15-26(25)18-24/h7-18,21-22,27,29H,6,19-20H2,1-5H3,(H,36,42)(H,37,40)(H,38,44)(H,39,43)(H,45,46). The molecule has 0 fully saturated rings. The second-order valence-corrected chi connectivity index (χ2v) is 12.0. The molecule has 4 amide bonds. The number of carbonyl (C=O) groups is 6. The van der Waals surface area contributed by atoms with Gasteiger partial charge in [0.2, 0.25) is 23.5 Å². The number of carboxylic acid groups (broad SMARTS) is 1. The summed E-state index contributed by atoms with van der Waals surface area (Å²) in [6, 6.07) is 19.0. The lowest BCUT2D eigenvalue weighted by molar-refractivity contribution is -0.147. The van der Waals surface area contributed by atoms with Crippen molar-refractivity contribution in [1.82, 2.24) is 21.3 Å². The fourth-order valence-electron chi connectivity index (χ4n) is 4.77. The Bertz CT molecular complexity index is 1590. The highest BCUT2D eigenvalue weighted by atomic mass is 16.4. The normalized spacial score (nSPS) is 13.8. The van der Waals surface area contributed by atoms with Gasteiger partial charge in [-0.1, -0.05) is 93.1 Å². The molecule has 0 spiro atoms. The maximum absolute atomic E-state index is 13.4. The Morgan fingerprint density at radius 3 is 2.02 bits per heavy atom. The van der Waals surface area contributed by atoms with Crippen molar-refractivity contribution in [2.24, 2.45) is 5.92 Å². The van der Waals surface area contributed by atoms with Crippen molar-refractivity contribution in [2.75, 3.05) is 0 Å². The molecule has 0 aromatic heterocycles. The van der Waals surface area contributed by atoms with E-state index >= 15 is 0 Å². The van der Waals surface area contributed by atoms with Crippen LogP contribution in [0.3, 0.4) is 0 Å². The first-order valence-corrected chi connectivity index (χ1v) is 15.2. The molecule has 4 atom stereocenters. The molecule has 244 valence electrons. The number of hydrogen-bond donors (Lipinski definition) is 5. The number of benzene rings is 3. The van der Waals surface area contributed by atoms with Crippen LogP contribution in [0.5, 0.6) is 0 Å². The van der Waals surface area contributed by atoms with Gasteiger partial charge < -0.3 is 26.4 Å². The summed E-state index contributed by atoms with van der Waals surface area (Å²) in [5.74, 6) is -5.62. The van der Waals surface area contributed by atoms with E-state index in [-0.39, 0.29) is 12.8 Å². The van der Waals surface area contributed by atoms with E-state index in [0.29, 0.717) is 6.42 Å². The van der Waals surface area contributed by atoms with Gasteiger partial charge in [0.15, 0.2) is 0 Å². The second-order valence-electron chi connectivity index (χ2n) is 12.0. The summed E-state index contributed by atoms with van der Waals surface area (Å²) in [7, 11) is 0. The van der Waals surface area contributed by atoms with Crippen molar-refractivity contribution in [3.8, 4) is 0 Å². The van der Waals surface area contributed by atoms with Crippen LogP contribution in [0.15, 0.2) is 72.8 Å². The van der Waals surface area contributed by atoms with Crippen LogP contribution in [0.25, 0.3) is 10.8 Å². The van der Waals surface area contributed by atoms with Crippen LogP contribution in [0.2, 0.25) is 0 Å². The summed E-state index contributed by atoms with van der Waals surface area (Å²) in [6.07, 6.45) is 0.614. The van der Waals surface area contributed by atoms with Crippen molar-refractivity contribution in [1.29, 1.82) is 0 Å². The van der Waals surface area contributed by atoms with E-state index in [1.807, 2.05) is 60.7 Å². The molecular formula is C35H42N4O7. The predicted molar refractivity (Wildman–Crippen MR) is 174 cm³/mol. The zero-order chi connectivity index (χ0) is 34.0. The molecule has 0 radical (unpaired) electrons. The van der Waals surface area contributed by atoms with Crippen molar-refractivity contribution in [3.63, 3.8) is 0 Å². The molecule has 0 aliphatic carbocycles. The summed E-state index contributed by atoms with van der Waals surface area (Å²) in [5, 5.41) is 21.5. The summed E-state index contributed by atoms with van der Waals surface area (Å²) in [4.78, 5) is 77.0. The number of carboxylic acids is 1. The SMILES string of the molecule is CCC(C)C(NC(=O)C(=O)C(C)NC(=O)C(Cc1ccccc1)NC(=O)Cc1ccc2ccccc2c1)C(=O)NC(C)(C)C(=O)O. The Morgan fingerprint density at radius 2 is 1.39 bits per heavy atom. The largest absolute Gasteiger partial charge is 0.480 e. The van der Waals surface area contributed by atoms with E-state index in [1.165, 1.54) is 20.8 Å². The lowest BCUT2D eigenvalue weighted by atomic mass is 9.96. The smallest absolute Gasteiger partial charge is 0.328 e. The second kappa shape index (κ2) is 15.8. The summed E-state index contributed by atoms with van der Waals surface area (Å²) >= 11 is 0. The molecule has 0 bridgehead atoms. The molecule has 5 N–H and O–H groups in total. The predicted octanol–water partition coefficient (Wildman–Crippen LogP) is 2.69. The van der Waals surface area contributed by atoms with Crippen LogP contribution >= 0.6 is 0 Å². The van der Waals surface area contributed by atoms with Crippen molar-refractivity contribution >= 4 is 46.2 Å². The Balaban J connectivity index is 1.70. The number of nitrogens with one attached hydrogen (secondary N) is 4. The Hall–Kier alpha value is -5.06. The van der Waals surface area contributed by atoms with Crippen LogP contribution in [-0.2, 0) is 41.6 Å². The van der Waals surface area contributed by atoms with Gasteiger partial charge in [0.1, 0.15) is 17.6 Å². The number of Topliss-reactive ketones (excluding diaryl/α,β-unsaturated/α-hetero) is 1. The van der Waals surface area contributed by atoms with Crippen LogP contribution in [0.4, 0.5) is 0 Å². The van der Waals surface area contributed by atoms with Gasteiger partial charge in [-0.3, -0.25) is 24.0 Å². The highest BCUT2D eigenvalue weighted by Crippen LogP contribution is 2.16. The molecule has 3 aromatic carbocycles. The number of aliphatic carboxylic acids is 1. The first-order chi connectivity index (χ1) is 21.7. The van der Waals surface area contributed by atoms with E-state index in [0.717, 1.165) is 21.9 Å². The molecule has 11 nitrogen and oxygen atoms in total. The first-order valence-electron chi connectivity index (χ1n) is 15.2. The lowest BCUT2D eigenvalue weighted by Crippen LogP contribution is -2.60. The molecule has 11 heteroatoms. The van der Waals surface area contributed by atoms with Crippen LogP contribution in [0, 0.1) is 5.92 Å². The van der Waals surface area contributed by atoms with Crippen LogP contribution in [0.1, 0.15) is 52.2 Å². The van der Waals surface area contributed by atoms with E-state index in [4.69, 9.17) is 0 Å². The Labute approximate surface area is 268 Å². The number of carbonyl (C=O) groups excluding carboxylic acids is 5. The minimum Gasteiger partial charge on any atom is -0.480 e. The van der Waals surface area contributed by atoms with Gasteiger partial charge >= 0.3 is 5.97 Å². The molecule has 3 rings (SSSR count). The number of amides is 4. The molecule has 0 heterocycles. The first kappa shape index (κ1) is 35.4. The zero-order valence-electron chi connectivity index (χ0n) is 26.8. The highest BCUT2D eigenvalue weighted by molar-refractivity contribution is 6.38. The van der Waals surface area contributed by atoms with E-state index < -0.39 is 65.0 Å². The minimum absolute atomic E-state index is 0.0258. The average Bonchev–Trinajstić information content (AvgIpc) is 3.02. The van der Waals surface area contributed by atoms with Crippen molar-refractivity contribution in [3.05, 3.63) is 83.9 Å². The monoisotopic (exact) mass is 630 g/mol. The molecule has 0 saturated heterocycles. The van der Waals surface area contributed by atoms with Gasteiger partial charge in [0.05, 0.1) is 12.5 Å². The Kier molecular flexibility index (Phi) is 12.2. The third-order valence-electron chi connectivity index (χ3n) is 7.84. The van der Waals surface area contributed by atoms with E-state index in [1.54, 1.807) is 26.0 Å². The van der Waals surface area contributed by atoms with Crippen LogP contribution in [-0.4, -0.2) is 64.2 Å². The topological polar surface area (TPSA) is 171 Å². The summed E-state index contributed by atoms with van der Waals surface area (Å²) < 4.78 is 0. The highest BCUT2D eigenvalue weighted by Gasteiger charge is 2.36. The van der Waals surface area contributed by atoms with Gasteiger partial charge in [-0.15, -0.1) is 0 Å². The third kappa shape index (κ3) is 9.72. The lowest BCUT2D eigenvalue weighted by Gasteiger charge is -2.28. The van der Waals surface area contributed by atoms with Gasteiger partial charge in [-0.05, 0) is 48.6 Å². The van der Waals surface area contributed by atoms with Crippen LogP contribution < -0.4 is 21.3 Å². The van der Waals surface area contributed by atoms with Gasteiger partial charge in [-0.2, -0.15) is 0 Å². The molecule has 0 saturated carbocycles. The minimum atomic E-state index is -1.61. The number of ketones is 1. The number of hydrogen-bond acceptors (Lipinski definition) is 6. The maximum atomic E-state index is 13.4. The van der Waals surface area contributed by atoms with E-state index in [9.17, 15) is 33.9 Å². The third-order valence-corrected chi connectivity index (χ3v) is 7.84. The average molecular weight is 631 g/mol. The summed E-state index contributed by atoms with van der Waals surface area (Å²) in [6.45, 7) is 7.41. The van der Waals surface area contributed by atoms with Gasteiger partial charge in [0.25, 0.3) is 5.91 Å². The zero-order valence-corrected chi connectivity index (χ0v) is 26.8. The maximum Gasteiger partial charge on any atom is 0.328 e. The van der Waals surface area contributed by atoms with Crippen molar-refractivity contribution in [2.45, 2.75) is 77.5 Å². The molecule has 0 aliphatic heterocycles. The quantitative estimate of drug-likeness (QED) is 0.161. The Morgan fingerprint density at radius 1 is 0.761 bits per heavy atom. The molecule has 46 heavy (non-hydrogen) atoms. The number of fused-ring (bicyclic) bond motifs is 1. The van der Waals surface area contributed by atoms with E-state index in [2.05, 4.69) is 21.3 Å². The van der Waals surface area contributed by atoms with Gasteiger partial charge in [0, 0.05) is 6.42 Å². The fraction of sp³-hybridized carbons (Fsp3) is 0.371. The molecule has 4 unspecified atom stereocenters.